The van der Waals surface area contributed by atoms with Gasteiger partial charge in [0, 0.05) is 6.07 Å². The molecular formula is C22H21NO5. The molecule has 2 N–H and O–H groups in total. The third kappa shape index (κ3) is 4.23. The lowest BCUT2D eigenvalue weighted by Gasteiger charge is -2.16. The predicted octanol–water partition coefficient (Wildman–Crippen LogP) is 3.59. The largest absolute Gasteiger partial charge is 0.507 e. The van der Waals surface area contributed by atoms with Gasteiger partial charge in [-0.1, -0.05) is 42.5 Å². The Hall–Kier alpha value is -3.54. The molecule has 0 heterocycles. The SMILES string of the molecule is COc1ccc(C(=O)OCC(=O)N[C@H](C)c2cccc3ccccc23)c(O)c1. The van der Waals surface area contributed by atoms with E-state index in [1.807, 2.05) is 49.4 Å². The lowest BCUT2D eigenvalue weighted by molar-refractivity contribution is -0.124. The Morgan fingerprint density at radius 1 is 1.07 bits per heavy atom. The van der Waals surface area contributed by atoms with Crippen LogP contribution in [0.2, 0.25) is 0 Å². The topological polar surface area (TPSA) is 84.9 Å². The predicted molar refractivity (Wildman–Crippen MR) is 105 cm³/mol. The van der Waals surface area contributed by atoms with Gasteiger partial charge in [-0.15, -0.1) is 0 Å². The molecule has 3 aromatic carbocycles. The zero-order valence-electron chi connectivity index (χ0n) is 15.6. The zero-order chi connectivity index (χ0) is 20.1. The normalized spacial score (nSPS) is 11.6. The molecule has 0 fully saturated rings. The number of hydrogen-bond donors (Lipinski definition) is 2. The van der Waals surface area contributed by atoms with Crippen molar-refractivity contribution in [2.24, 2.45) is 0 Å². The van der Waals surface area contributed by atoms with Gasteiger partial charge < -0.3 is 19.9 Å². The van der Waals surface area contributed by atoms with Crippen molar-refractivity contribution in [3.05, 3.63) is 71.8 Å². The fourth-order valence-corrected chi connectivity index (χ4v) is 3.01. The summed E-state index contributed by atoms with van der Waals surface area (Å²) in [4.78, 5) is 24.3. The van der Waals surface area contributed by atoms with Crippen LogP contribution >= 0.6 is 0 Å². The van der Waals surface area contributed by atoms with Crippen LogP contribution in [-0.4, -0.2) is 30.7 Å². The minimum atomic E-state index is -0.784. The Kier molecular flexibility index (Phi) is 5.79. The molecular weight excluding hydrogens is 358 g/mol. The van der Waals surface area contributed by atoms with E-state index in [1.54, 1.807) is 0 Å². The van der Waals surface area contributed by atoms with Gasteiger partial charge in [-0.05, 0) is 35.4 Å². The quantitative estimate of drug-likeness (QED) is 0.640. The second-order valence-corrected chi connectivity index (χ2v) is 6.32. The van der Waals surface area contributed by atoms with Gasteiger partial charge in [0.1, 0.15) is 17.1 Å². The first-order valence-electron chi connectivity index (χ1n) is 8.80. The summed E-state index contributed by atoms with van der Waals surface area (Å²) in [5, 5.41) is 14.8. The van der Waals surface area contributed by atoms with E-state index in [2.05, 4.69) is 5.32 Å². The number of carbonyl (C=O) groups is 2. The number of benzene rings is 3. The lowest BCUT2D eigenvalue weighted by Crippen LogP contribution is -2.31. The van der Waals surface area contributed by atoms with Crippen molar-refractivity contribution in [1.82, 2.24) is 5.32 Å². The number of amides is 1. The van der Waals surface area contributed by atoms with Crippen LogP contribution in [0, 0.1) is 0 Å². The van der Waals surface area contributed by atoms with Crippen molar-refractivity contribution in [1.29, 1.82) is 0 Å². The molecule has 28 heavy (non-hydrogen) atoms. The number of esters is 1. The van der Waals surface area contributed by atoms with Crippen LogP contribution in [0.5, 0.6) is 11.5 Å². The van der Waals surface area contributed by atoms with E-state index in [-0.39, 0.29) is 17.4 Å². The Morgan fingerprint density at radius 3 is 2.57 bits per heavy atom. The van der Waals surface area contributed by atoms with Crippen molar-refractivity contribution in [2.45, 2.75) is 13.0 Å². The molecule has 3 rings (SSSR count). The summed E-state index contributed by atoms with van der Waals surface area (Å²) in [6, 6.07) is 17.8. The summed E-state index contributed by atoms with van der Waals surface area (Å²) in [7, 11) is 1.45. The number of methoxy groups -OCH3 is 1. The molecule has 0 unspecified atom stereocenters. The Bertz CT molecular complexity index is 1010. The smallest absolute Gasteiger partial charge is 0.342 e. The van der Waals surface area contributed by atoms with Crippen LogP contribution in [0.15, 0.2) is 60.7 Å². The molecule has 0 saturated heterocycles. The summed E-state index contributed by atoms with van der Waals surface area (Å²) in [6.45, 7) is 1.43. The van der Waals surface area contributed by atoms with E-state index in [9.17, 15) is 14.7 Å². The number of hydrogen-bond acceptors (Lipinski definition) is 5. The van der Waals surface area contributed by atoms with Gasteiger partial charge in [-0.2, -0.15) is 0 Å². The van der Waals surface area contributed by atoms with Crippen molar-refractivity contribution in [2.75, 3.05) is 13.7 Å². The van der Waals surface area contributed by atoms with E-state index in [0.717, 1.165) is 16.3 Å². The molecule has 3 aromatic rings. The number of phenolic OH excluding ortho intramolecular Hbond substituents is 1. The van der Waals surface area contributed by atoms with E-state index >= 15 is 0 Å². The van der Waals surface area contributed by atoms with Crippen LogP contribution in [-0.2, 0) is 9.53 Å². The monoisotopic (exact) mass is 379 g/mol. The maximum atomic E-state index is 12.2. The minimum absolute atomic E-state index is 0.0318. The van der Waals surface area contributed by atoms with Crippen molar-refractivity contribution >= 4 is 22.6 Å². The van der Waals surface area contributed by atoms with Gasteiger partial charge in [0.15, 0.2) is 6.61 Å². The molecule has 1 amide bonds. The maximum absolute atomic E-state index is 12.2. The molecule has 0 spiro atoms. The van der Waals surface area contributed by atoms with Crippen LogP contribution in [0.1, 0.15) is 28.9 Å². The molecule has 6 heteroatoms. The number of ether oxygens (including phenoxy) is 2. The second kappa shape index (κ2) is 8.43. The first-order valence-corrected chi connectivity index (χ1v) is 8.80. The van der Waals surface area contributed by atoms with E-state index in [1.165, 1.54) is 25.3 Å². The van der Waals surface area contributed by atoms with Crippen LogP contribution in [0.4, 0.5) is 0 Å². The van der Waals surface area contributed by atoms with Gasteiger partial charge in [0.05, 0.1) is 13.2 Å². The third-order valence-corrected chi connectivity index (χ3v) is 4.43. The number of fused-ring (bicyclic) bond motifs is 1. The number of nitrogens with one attached hydrogen (secondary N) is 1. The van der Waals surface area contributed by atoms with Gasteiger partial charge in [-0.3, -0.25) is 4.79 Å². The van der Waals surface area contributed by atoms with E-state index < -0.39 is 18.5 Å². The average Bonchev–Trinajstić information content (AvgIpc) is 2.71. The van der Waals surface area contributed by atoms with Gasteiger partial charge in [0.25, 0.3) is 5.91 Å². The lowest BCUT2D eigenvalue weighted by atomic mass is 10.00. The maximum Gasteiger partial charge on any atom is 0.342 e. The number of phenols is 1. The second-order valence-electron chi connectivity index (χ2n) is 6.32. The Balaban J connectivity index is 1.61. The van der Waals surface area contributed by atoms with Gasteiger partial charge in [0.2, 0.25) is 0 Å². The molecule has 1 atom stereocenters. The third-order valence-electron chi connectivity index (χ3n) is 4.43. The van der Waals surface area contributed by atoms with Gasteiger partial charge in [-0.25, -0.2) is 4.79 Å². The Morgan fingerprint density at radius 2 is 1.82 bits per heavy atom. The molecule has 0 aliphatic rings. The van der Waals surface area contributed by atoms with Crippen molar-refractivity contribution in [3.63, 3.8) is 0 Å². The standard InChI is InChI=1S/C22H21NO5/c1-14(17-9-5-7-15-6-3-4-8-18(15)17)23-21(25)13-28-22(26)19-11-10-16(27-2)12-20(19)24/h3-12,14,24H,13H2,1-2H3,(H,23,25)/t14-/m1/s1. The highest BCUT2D eigenvalue weighted by Crippen LogP contribution is 2.25. The van der Waals surface area contributed by atoms with Crippen molar-refractivity contribution in [3.8, 4) is 11.5 Å². The fraction of sp³-hybridized carbons (Fsp3) is 0.182. The highest BCUT2D eigenvalue weighted by molar-refractivity contribution is 5.94. The average molecular weight is 379 g/mol. The van der Waals surface area contributed by atoms with Crippen LogP contribution < -0.4 is 10.1 Å². The van der Waals surface area contributed by atoms with Crippen LogP contribution in [0.3, 0.4) is 0 Å². The van der Waals surface area contributed by atoms with Crippen molar-refractivity contribution < 1.29 is 24.2 Å². The highest BCUT2D eigenvalue weighted by Gasteiger charge is 2.17. The summed E-state index contributed by atoms with van der Waals surface area (Å²) in [5.74, 6) is -1.07. The molecule has 0 aliphatic heterocycles. The molecule has 0 saturated carbocycles. The summed E-state index contributed by atoms with van der Waals surface area (Å²) in [5.41, 5.74) is 0.946. The van der Waals surface area contributed by atoms with Gasteiger partial charge >= 0.3 is 5.97 Å². The van der Waals surface area contributed by atoms with Crippen LogP contribution in [0.25, 0.3) is 10.8 Å². The number of aromatic hydroxyl groups is 1. The van der Waals surface area contributed by atoms with E-state index in [0.29, 0.717) is 5.75 Å². The molecule has 0 aromatic heterocycles. The van der Waals surface area contributed by atoms with E-state index in [4.69, 9.17) is 9.47 Å². The molecule has 6 nitrogen and oxygen atoms in total. The molecule has 0 radical (unpaired) electrons. The summed E-state index contributed by atoms with van der Waals surface area (Å²) in [6.07, 6.45) is 0. The minimum Gasteiger partial charge on any atom is -0.507 e. The molecule has 0 bridgehead atoms. The fourth-order valence-electron chi connectivity index (χ4n) is 3.01. The number of rotatable bonds is 6. The summed E-state index contributed by atoms with van der Waals surface area (Å²) >= 11 is 0. The summed E-state index contributed by atoms with van der Waals surface area (Å²) < 4.78 is 9.98. The molecule has 144 valence electrons. The first-order chi connectivity index (χ1) is 13.5. The highest BCUT2D eigenvalue weighted by atomic mass is 16.5. The zero-order valence-corrected chi connectivity index (χ0v) is 15.6. The first kappa shape index (κ1) is 19.2. The molecule has 0 aliphatic carbocycles. The number of carbonyl (C=O) groups excluding carboxylic acids is 2. The Labute approximate surface area is 162 Å².